The second-order valence-electron chi connectivity index (χ2n) is 4.51. The van der Waals surface area contributed by atoms with Crippen molar-refractivity contribution in [2.45, 2.75) is 25.8 Å². The number of ether oxygens (including phenoxy) is 1. The Labute approximate surface area is 117 Å². The van der Waals surface area contributed by atoms with Crippen LogP contribution in [0, 0.1) is 6.92 Å². The Morgan fingerprint density at radius 1 is 1.42 bits per heavy atom. The van der Waals surface area contributed by atoms with E-state index in [0.717, 1.165) is 29.3 Å². The second-order valence-corrected chi connectivity index (χ2v) is 5.45. The standard InChI is InChI=1S/C14H19N3OS/c1-10-9-19-14(16-10)8-12(17-15)6-11-4-3-5-13(7-11)18-2/h3-5,7,9,12,17H,6,8,15H2,1-2H3. The fourth-order valence-electron chi connectivity index (χ4n) is 1.98. The molecule has 4 nitrogen and oxygen atoms in total. The third kappa shape index (κ3) is 4.02. The minimum atomic E-state index is 0.178. The molecule has 0 saturated carbocycles. The third-order valence-corrected chi connectivity index (χ3v) is 3.93. The van der Waals surface area contributed by atoms with Gasteiger partial charge in [-0.3, -0.25) is 11.3 Å². The summed E-state index contributed by atoms with van der Waals surface area (Å²) in [6, 6.07) is 8.24. The highest BCUT2D eigenvalue weighted by molar-refractivity contribution is 7.09. The number of hydrazine groups is 1. The van der Waals surface area contributed by atoms with Crippen LogP contribution < -0.4 is 16.0 Å². The Morgan fingerprint density at radius 3 is 2.89 bits per heavy atom. The van der Waals surface area contributed by atoms with Crippen molar-refractivity contribution in [1.82, 2.24) is 10.4 Å². The van der Waals surface area contributed by atoms with E-state index in [1.807, 2.05) is 25.1 Å². The maximum Gasteiger partial charge on any atom is 0.119 e. The van der Waals surface area contributed by atoms with Crippen LogP contribution in [0.1, 0.15) is 16.3 Å². The molecular weight excluding hydrogens is 258 g/mol. The molecule has 0 fully saturated rings. The number of rotatable bonds is 6. The molecule has 102 valence electrons. The summed E-state index contributed by atoms with van der Waals surface area (Å²) in [7, 11) is 1.68. The van der Waals surface area contributed by atoms with Gasteiger partial charge in [0.2, 0.25) is 0 Å². The summed E-state index contributed by atoms with van der Waals surface area (Å²) in [4.78, 5) is 4.47. The van der Waals surface area contributed by atoms with Crippen molar-refractivity contribution < 1.29 is 4.74 Å². The lowest BCUT2D eigenvalue weighted by Crippen LogP contribution is -2.38. The number of hydrogen-bond acceptors (Lipinski definition) is 5. The normalized spacial score (nSPS) is 12.4. The van der Waals surface area contributed by atoms with Crippen LogP contribution in [0.25, 0.3) is 0 Å². The predicted octanol–water partition coefficient (Wildman–Crippen LogP) is 2.08. The fourth-order valence-corrected chi connectivity index (χ4v) is 2.83. The van der Waals surface area contributed by atoms with Gasteiger partial charge in [0.05, 0.1) is 12.1 Å². The summed E-state index contributed by atoms with van der Waals surface area (Å²) in [5.41, 5.74) is 5.14. The van der Waals surface area contributed by atoms with Crippen LogP contribution in [0.5, 0.6) is 5.75 Å². The molecule has 2 aromatic rings. The van der Waals surface area contributed by atoms with E-state index in [-0.39, 0.29) is 6.04 Å². The highest BCUT2D eigenvalue weighted by Gasteiger charge is 2.11. The number of thiazole rings is 1. The molecule has 0 aliphatic heterocycles. The van der Waals surface area contributed by atoms with E-state index in [0.29, 0.717) is 0 Å². The lowest BCUT2D eigenvalue weighted by Gasteiger charge is -2.15. The molecule has 5 heteroatoms. The van der Waals surface area contributed by atoms with Crippen molar-refractivity contribution in [1.29, 1.82) is 0 Å². The number of benzene rings is 1. The van der Waals surface area contributed by atoms with Gasteiger partial charge in [-0.15, -0.1) is 11.3 Å². The van der Waals surface area contributed by atoms with Crippen molar-refractivity contribution in [3.05, 3.63) is 45.9 Å². The molecule has 3 N–H and O–H groups in total. The molecular formula is C14H19N3OS. The van der Waals surface area contributed by atoms with Gasteiger partial charge in [-0.2, -0.15) is 0 Å². The molecule has 0 aliphatic rings. The van der Waals surface area contributed by atoms with E-state index < -0.39 is 0 Å². The monoisotopic (exact) mass is 277 g/mol. The molecule has 1 heterocycles. The molecule has 0 radical (unpaired) electrons. The van der Waals surface area contributed by atoms with E-state index in [9.17, 15) is 0 Å². The average Bonchev–Trinajstić information content (AvgIpc) is 2.83. The number of aromatic nitrogens is 1. The van der Waals surface area contributed by atoms with Gasteiger partial charge in [0, 0.05) is 23.5 Å². The number of nitrogens with one attached hydrogen (secondary N) is 1. The first-order valence-corrected chi connectivity index (χ1v) is 7.09. The molecule has 0 spiro atoms. The molecule has 1 unspecified atom stereocenters. The smallest absolute Gasteiger partial charge is 0.119 e. The minimum Gasteiger partial charge on any atom is -0.497 e. The summed E-state index contributed by atoms with van der Waals surface area (Å²) >= 11 is 1.68. The molecule has 0 saturated heterocycles. The first-order valence-electron chi connectivity index (χ1n) is 6.21. The van der Waals surface area contributed by atoms with Crippen molar-refractivity contribution in [2.24, 2.45) is 5.84 Å². The van der Waals surface area contributed by atoms with Gasteiger partial charge in [-0.1, -0.05) is 12.1 Å². The Hall–Kier alpha value is -1.43. The molecule has 0 amide bonds. The van der Waals surface area contributed by atoms with Crippen LogP contribution in [0.15, 0.2) is 29.6 Å². The molecule has 0 aliphatic carbocycles. The Balaban J connectivity index is 2.01. The number of nitrogens with two attached hydrogens (primary N) is 1. The van der Waals surface area contributed by atoms with E-state index in [1.165, 1.54) is 5.56 Å². The Bertz CT molecular complexity index is 527. The van der Waals surface area contributed by atoms with Crippen molar-refractivity contribution in [3.63, 3.8) is 0 Å². The van der Waals surface area contributed by atoms with Gasteiger partial charge in [0.25, 0.3) is 0 Å². The summed E-state index contributed by atoms with van der Waals surface area (Å²) in [5, 5.41) is 3.18. The summed E-state index contributed by atoms with van der Waals surface area (Å²) in [6.45, 7) is 2.01. The van der Waals surface area contributed by atoms with Crippen molar-refractivity contribution >= 4 is 11.3 Å². The molecule has 1 aromatic carbocycles. The summed E-state index contributed by atoms with van der Waals surface area (Å²) in [6.07, 6.45) is 1.69. The van der Waals surface area contributed by atoms with E-state index in [1.54, 1.807) is 18.4 Å². The summed E-state index contributed by atoms with van der Waals surface area (Å²) < 4.78 is 5.23. The first kappa shape index (κ1) is 14.0. The quantitative estimate of drug-likeness (QED) is 0.627. The first-order chi connectivity index (χ1) is 9.21. The molecule has 0 bridgehead atoms. The number of aryl methyl sites for hydroxylation is 1. The molecule has 19 heavy (non-hydrogen) atoms. The summed E-state index contributed by atoms with van der Waals surface area (Å²) in [5.74, 6) is 6.51. The highest BCUT2D eigenvalue weighted by Crippen LogP contribution is 2.16. The highest BCUT2D eigenvalue weighted by atomic mass is 32.1. The van der Waals surface area contributed by atoms with Gasteiger partial charge in [0.15, 0.2) is 0 Å². The van der Waals surface area contributed by atoms with Gasteiger partial charge in [-0.05, 0) is 31.0 Å². The number of nitrogens with zero attached hydrogens (tertiary/aromatic N) is 1. The van der Waals surface area contributed by atoms with Gasteiger partial charge >= 0.3 is 0 Å². The number of methoxy groups -OCH3 is 1. The zero-order valence-corrected chi connectivity index (χ0v) is 12.0. The fraction of sp³-hybridized carbons (Fsp3) is 0.357. The van der Waals surface area contributed by atoms with E-state index in [4.69, 9.17) is 10.6 Å². The van der Waals surface area contributed by atoms with Gasteiger partial charge in [-0.25, -0.2) is 4.98 Å². The van der Waals surface area contributed by atoms with Crippen molar-refractivity contribution in [3.8, 4) is 5.75 Å². The zero-order valence-electron chi connectivity index (χ0n) is 11.2. The number of hydrogen-bond donors (Lipinski definition) is 2. The maximum absolute atomic E-state index is 5.64. The zero-order chi connectivity index (χ0) is 13.7. The lowest BCUT2D eigenvalue weighted by molar-refractivity contribution is 0.413. The molecule has 1 atom stereocenters. The SMILES string of the molecule is COc1cccc(CC(Cc2nc(C)cs2)NN)c1. The topological polar surface area (TPSA) is 60.2 Å². The third-order valence-electron chi connectivity index (χ3n) is 2.94. The van der Waals surface area contributed by atoms with Crippen LogP contribution in [-0.2, 0) is 12.8 Å². The molecule has 2 rings (SSSR count). The second kappa shape index (κ2) is 6.65. The largest absolute Gasteiger partial charge is 0.497 e. The van der Waals surface area contributed by atoms with Crippen LogP contribution in [0.2, 0.25) is 0 Å². The van der Waals surface area contributed by atoms with E-state index >= 15 is 0 Å². The van der Waals surface area contributed by atoms with Gasteiger partial charge in [0.1, 0.15) is 5.75 Å². The van der Waals surface area contributed by atoms with Gasteiger partial charge < -0.3 is 4.74 Å². The Kier molecular flexibility index (Phi) is 4.90. The van der Waals surface area contributed by atoms with Crippen LogP contribution in [-0.4, -0.2) is 18.1 Å². The van der Waals surface area contributed by atoms with Crippen LogP contribution in [0.3, 0.4) is 0 Å². The minimum absolute atomic E-state index is 0.178. The van der Waals surface area contributed by atoms with Crippen LogP contribution in [0.4, 0.5) is 0 Å². The van der Waals surface area contributed by atoms with Crippen molar-refractivity contribution in [2.75, 3.05) is 7.11 Å². The maximum atomic E-state index is 5.64. The van der Waals surface area contributed by atoms with Crippen LogP contribution >= 0.6 is 11.3 Å². The average molecular weight is 277 g/mol. The molecule has 1 aromatic heterocycles. The lowest BCUT2D eigenvalue weighted by atomic mass is 10.0. The predicted molar refractivity (Wildman–Crippen MR) is 78.4 cm³/mol. The Morgan fingerprint density at radius 2 is 2.26 bits per heavy atom. The van der Waals surface area contributed by atoms with E-state index in [2.05, 4.69) is 21.9 Å².